The number of nitrogens with zero attached hydrogens (tertiary/aromatic N) is 1. The second-order valence-electron chi connectivity index (χ2n) is 3.51. The van der Waals surface area contributed by atoms with Crippen LogP contribution in [0.2, 0.25) is 0 Å². The van der Waals surface area contributed by atoms with Gasteiger partial charge in [-0.1, -0.05) is 6.92 Å². The molecule has 0 saturated heterocycles. The fourth-order valence-electron chi connectivity index (χ4n) is 1.28. The van der Waals surface area contributed by atoms with Gasteiger partial charge >= 0.3 is 0 Å². The van der Waals surface area contributed by atoms with Crippen LogP contribution in [0.4, 0.5) is 5.82 Å². The Morgan fingerprint density at radius 1 is 1.47 bits per heavy atom. The van der Waals surface area contributed by atoms with Crippen LogP contribution in [0.25, 0.3) is 0 Å². The molecule has 0 unspecified atom stereocenters. The number of anilines is 1. The Balaban J connectivity index is 2.54. The summed E-state index contributed by atoms with van der Waals surface area (Å²) in [5.41, 5.74) is 0. The number of hydrogen-bond acceptors (Lipinski definition) is 4. The normalized spacial score (nSPS) is 9.76. The summed E-state index contributed by atoms with van der Waals surface area (Å²) < 4.78 is 5.52. The van der Waals surface area contributed by atoms with E-state index >= 15 is 0 Å². The van der Waals surface area contributed by atoms with Crippen molar-refractivity contribution in [2.45, 2.75) is 20.3 Å². The second-order valence-corrected chi connectivity index (χ2v) is 3.51. The van der Waals surface area contributed by atoms with Crippen LogP contribution >= 0.6 is 0 Å². The maximum Gasteiger partial charge on any atom is 0.239 e. The molecule has 5 heteroatoms. The molecule has 94 valence electrons. The molecular formula is C12H19N3O2. The van der Waals surface area contributed by atoms with Crippen LogP contribution in [0.3, 0.4) is 0 Å². The maximum atomic E-state index is 11.3. The Labute approximate surface area is 102 Å². The summed E-state index contributed by atoms with van der Waals surface area (Å²) >= 11 is 0. The number of ether oxygens (including phenoxy) is 1. The van der Waals surface area contributed by atoms with Crippen LogP contribution in [0.15, 0.2) is 18.3 Å². The summed E-state index contributed by atoms with van der Waals surface area (Å²) in [7, 11) is 0. The fraction of sp³-hybridized carbons (Fsp3) is 0.500. The second kappa shape index (κ2) is 7.49. The summed E-state index contributed by atoms with van der Waals surface area (Å²) in [6.07, 6.45) is 2.60. The number of pyridine rings is 1. The lowest BCUT2D eigenvalue weighted by molar-refractivity contribution is -0.119. The van der Waals surface area contributed by atoms with Gasteiger partial charge in [0.15, 0.2) is 11.6 Å². The SMILES string of the molecule is CCCOc1cccnc1NCC(=O)NCC. The molecule has 1 amide bonds. The van der Waals surface area contributed by atoms with Crippen LogP contribution in [-0.2, 0) is 4.79 Å². The first-order chi connectivity index (χ1) is 8.27. The van der Waals surface area contributed by atoms with Crippen molar-refractivity contribution < 1.29 is 9.53 Å². The van der Waals surface area contributed by atoms with Crippen molar-refractivity contribution in [2.75, 3.05) is 25.0 Å². The molecule has 5 nitrogen and oxygen atoms in total. The minimum absolute atomic E-state index is 0.0559. The van der Waals surface area contributed by atoms with Gasteiger partial charge in [-0.15, -0.1) is 0 Å². The lowest BCUT2D eigenvalue weighted by Gasteiger charge is -2.11. The molecule has 0 aliphatic rings. The highest BCUT2D eigenvalue weighted by Crippen LogP contribution is 2.20. The molecule has 0 atom stereocenters. The number of hydrogen-bond donors (Lipinski definition) is 2. The van der Waals surface area contributed by atoms with Crippen molar-refractivity contribution in [2.24, 2.45) is 0 Å². The molecule has 0 radical (unpaired) electrons. The lowest BCUT2D eigenvalue weighted by atomic mass is 10.4. The number of carbonyl (C=O) groups excluding carboxylic acids is 1. The van der Waals surface area contributed by atoms with E-state index in [0.29, 0.717) is 24.7 Å². The zero-order valence-corrected chi connectivity index (χ0v) is 10.3. The van der Waals surface area contributed by atoms with E-state index in [1.54, 1.807) is 6.20 Å². The van der Waals surface area contributed by atoms with E-state index in [1.807, 2.05) is 26.0 Å². The topological polar surface area (TPSA) is 63.2 Å². The zero-order chi connectivity index (χ0) is 12.5. The Morgan fingerprint density at radius 3 is 3.00 bits per heavy atom. The van der Waals surface area contributed by atoms with E-state index in [0.717, 1.165) is 6.42 Å². The lowest BCUT2D eigenvalue weighted by Crippen LogP contribution is -2.29. The molecule has 1 heterocycles. The standard InChI is InChI=1S/C12H19N3O2/c1-3-8-17-10-6-5-7-14-12(10)15-9-11(16)13-4-2/h5-7H,3-4,8-9H2,1-2H3,(H,13,16)(H,14,15). The number of likely N-dealkylation sites (N-methyl/N-ethyl adjacent to an activating group) is 1. The van der Waals surface area contributed by atoms with Gasteiger partial charge in [-0.2, -0.15) is 0 Å². The first-order valence-electron chi connectivity index (χ1n) is 5.86. The van der Waals surface area contributed by atoms with Crippen molar-refractivity contribution in [3.05, 3.63) is 18.3 Å². The Bertz CT molecular complexity index is 355. The van der Waals surface area contributed by atoms with Gasteiger partial charge in [0.1, 0.15) is 0 Å². The molecule has 2 N–H and O–H groups in total. The first-order valence-corrected chi connectivity index (χ1v) is 5.86. The molecule has 0 saturated carbocycles. The average molecular weight is 237 g/mol. The molecule has 0 bridgehead atoms. The number of nitrogens with one attached hydrogen (secondary N) is 2. The van der Waals surface area contributed by atoms with Gasteiger partial charge in [0.05, 0.1) is 13.2 Å². The van der Waals surface area contributed by atoms with E-state index in [2.05, 4.69) is 15.6 Å². The van der Waals surface area contributed by atoms with Gasteiger partial charge in [-0.25, -0.2) is 4.98 Å². The smallest absolute Gasteiger partial charge is 0.239 e. The quantitative estimate of drug-likeness (QED) is 0.752. The molecule has 0 fully saturated rings. The summed E-state index contributed by atoms with van der Waals surface area (Å²) in [6.45, 7) is 5.39. The molecule has 17 heavy (non-hydrogen) atoms. The number of aromatic nitrogens is 1. The van der Waals surface area contributed by atoms with Crippen LogP contribution in [0.5, 0.6) is 5.75 Å². The van der Waals surface area contributed by atoms with E-state index in [-0.39, 0.29) is 12.5 Å². The highest BCUT2D eigenvalue weighted by atomic mass is 16.5. The van der Waals surface area contributed by atoms with Gasteiger partial charge in [0.2, 0.25) is 5.91 Å². The van der Waals surface area contributed by atoms with Crippen LogP contribution in [0.1, 0.15) is 20.3 Å². The van der Waals surface area contributed by atoms with Crippen molar-refractivity contribution in [3.63, 3.8) is 0 Å². The molecule has 0 aliphatic carbocycles. The molecule has 1 aromatic rings. The van der Waals surface area contributed by atoms with Crippen LogP contribution < -0.4 is 15.4 Å². The zero-order valence-electron chi connectivity index (χ0n) is 10.3. The Hall–Kier alpha value is -1.78. The number of amides is 1. The van der Waals surface area contributed by atoms with Gasteiger partial charge in [0, 0.05) is 12.7 Å². The fourth-order valence-corrected chi connectivity index (χ4v) is 1.28. The van der Waals surface area contributed by atoms with E-state index in [1.165, 1.54) is 0 Å². The predicted molar refractivity (Wildman–Crippen MR) is 67.2 cm³/mol. The predicted octanol–water partition coefficient (Wildman–Crippen LogP) is 1.42. The Morgan fingerprint density at radius 2 is 2.29 bits per heavy atom. The monoisotopic (exact) mass is 237 g/mol. The molecule has 1 aromatic heterocycles. The van der Waals surface area contributed by atoms with Crippen LogP contribution in [-0.4, -0.2) is 30.6 Å². The number of rotatable bonds is 7. The van der Waals surface area contributed by atoms with Crippen molar-refractivity contribution in [1.82, 2.24) is 10.3 Å². The van der Waals surface area contributed by atoms with Gasteiger partial charge in [0.25, 0.3) is 0 Å². The maximum absolute atomic E-state index is 11.3. The summed E-state index contributed by atoms with van der Waals surface area (Å²) in [6, 6.07) is 3.64. The Kier molecular flexibility index (Phi) is 5.85. The van der Waals surface area contributed by atoms with Gasteiger partial charge in [-0.3, -0.25) is 4.79 Å². The largest absolute Gasteiger partial charge is 0.490 e. The average Bonchev–Trinajstić information content (AvgIpc) is 2.35. The third kappa shape index (κ3) is 4.72. The molecule has 1 rings (SSSR count). The minimum Gasteiger partial charge on any atom is -0.490 e. The van der Waals surface area contributed by atoms with Crippen molar-refractivity contribution in [3.8, 4) is 5.75 Å². The van der Waals surface area contributed by atoms with E-state index in [9.17, 15) is 4.79 Å². The molecule has 0 spiro atoms. The number of carbonyl (C=O) groups is 1. The van der Waals surface area contributed by atoms with E-state index < -0.39 is 0 Å². The molecule has 0 aromatic carbocycles. The third-order valence-corrected chi connectivity index (χ3v) is 2.02. The van der Waals surface area contributed by atoms with Gasteiger partial charge < -0.3 is 15.4 Å². The van der Waals surface area contributed by atoms with Gasteiger partial charge in [-0.05, 0) is 25.5 Å². The van der Waals surface area contributed by atoms with Crippen molar-refractivity contribution in [1.29, 1.82) is 0 Å². The summed E-state index contributed by atoms with van der Waals surface area (Å²) in [5, 5.41) is 5.67. The summed E-state index contributed by atoms with van der Waals surface area (Å²) in [4.78, 5) is 15.4. The van der Waals surface area contributed by atoms with E-state index in [4.69, 9.17) is 4.74 Å². The highest BCUT2D eigenvalue weighted by molar-refractivity contribution is 5.80. The highest BCUT2D eigenvalue weighted by Gasteiger charge is 2.05. The first kappa shape index (κ1) is 13.3. The van der Waals surface area contributed by atoms with Crippen molar-refractivity contribution >= 4 is 11.7 Å². The summed E-state index contributed by atoms with van der Waals surface area (Å²) in [5.74, 6) is 1.23. The molecular weight excluding hydrogens is 218 g/mol. The van der Waals surface area contributed by atoms with Crippen LogP contribution in [0, 0.1) is 0 Å². The minimum atomic E-state index is -0.0559. The molecule has 0 aliphatic heterocycles. The third-order valence-electron chi connectivity index (χ3n) is 2.02.